The third-order valence-corrected chi connectivity index (χ3v) is 4.12. The summed E-state index contributed by atoms with van der Waals surface area (Å²) in [5, 5.41) is 9.04. The van der Waals surface area contributed by atoms with Gasteiger partial charge in [0.15, 0.2) is 0 Å². The van der Waals surface area contributed by atoms with E-state index in [1.165, 1.54) is 24.1 Å². The van der Waals surface area contributed by atoms with E-state index >= 15 is 0 Å². The standard InChI is InChI=1S/C19H17FN2O3/c1-19(2)16-9-13(14-6-12(10-21)7-15(20)8-14)4-5-17(16)22(11-24-3)18(23)25-19/h4-9H,11H2,1-3H3. The Morgan fingerprint density at radius 2 is 2.00 bits per heavy atom. The van der Waals surface area contributed by atoms with Crippen LogP contribution in [0.3, 0.4) is 0 Å². The summed E-state index contributed by atoms with van der Waals surface area (Å²) in [7, 11) is 1.50. The molecule has 128 valence electrons. The lowest BCUT2D eigenvalue weighted by atomic mass is 9.90. The lowest BCUT2D eigenvalue weighted by Crippen LogP contribution is -2.44. The van der Waals surface area contributed by atoms with E-state index in [0.717, 1.165) is 11.1 Å². The molecule has 0 N–H and O–H groups in total. The van der Waals surface area contributed by atoms with Crippen LogP contribution in [0.4, 0.5) is 14.9 Å². The maximum atomic E-state index is 13.8. The molecule has 2 aromatic rings. The van der Waals surface area contributed by atoms with Crippen LogP contribution in [0.1, 0.15) is 25.0 Å². The number of amides is 1. The van der Waals surface area contributed by atoms with Crippen LogP contribution >= 0.6 is 0 Å². The van der Waals surface area contributed by atoms with Gasteiger partial charge in [0, 0.05) is 12.7 Å². The van der Waals surface area contributed by atoms with Crippen LogP contribution in [0.2, 0.25) is 0 Å². The van der Waals surface area contributed by atoms with Gasteiger partial charge in [-0.15, -0.1) is 0 Å². The average molecular weight is 340 g/mol. The number of halogens is 1. The van der Waals surface area contributed by atoms with Crippen molar-refractivity contribution < 1.29 is 18.7 Å². The maximum absolute atomic E-state index is 13.8. The number of fused-ring (bicyclic) bond motifs is 1. The first-order valence-electron chi connectivity index (χ1n) is 7.71. The van der Waals surface area contributed by atoms with Crippen molar-refractivity contribution >= 4 is 11.8 Å². The number of ether oxygens (including phenoxy) is 2. The summed E-state index contributed by atoms with van der Waals surface area (Å²) in [6, 6.07) is 11.5. The fourth-order valence-corrected chi connectivity index (χ4v) is 2.93. The summed E-state index contributed by atoms with van der Waals surface area (Å²) in [5.41, 5.74) is 2.20. The van der Waals surface area contributed by atoms with Gasteiger partial charge in [-0.25, -0.2) is 9.18 Å². The first-order valence-corrected chi connectivity index (χ1v) is 7.71. The molecular formula is C19H17FN2O3. The zero-order chi connectivity index (χ0) is 18.2. The van der Waals surface area contributed by atoms with Gasteiger partial charge in [-0.2, -0.15) is 5.26 Å². The molecule has 6 heteroatoms. The van der Waals surface area contributed by atoms with Crippen molar-refractivity contribution in [3.63, 3.8) is 0 Å². The molecule has 0 unspecified atom stereocenters. The van der Waals surface area contributed by atoms with Gasteiger partial charge < -0.3 is 9.47 Å². The first-order chi connectivity index (χ1) is 11.9. The van der Waals surface area contributed by atoms with Crippen molar-refractivity contribution in [2.75, 3.05) is 18.7 Å². The van der Waals surface area contributed by atoms with E-state index in [1.54, 1.807) is 32.0 Å². The molecule has 1 amide bonds. The Morgan fingerprint density at radius 1 is 1.24 bits per heavy atom. The molecular weight excluding hydrogens is 323 g/mol. The molecule has 0 bridgehead atoms. The number of rotatable bonds is 3. The van der Waals surface area contributed by atoms with E-state index in [2.05, 4.69) is 0 Å². The third-order valence-electron chi connectivity index (χ3n) is 4.12. The number of benzene rings is 2. The van der Waals surface area contributed by atoms with Crippen LogP contribution in [0.5, 0.6) is 0 Å². The van der Waals surface area contributed by atoms with E-state index in [4.69, 9.17) is 14.7 Å². The lowest BCUT2D eigenvalue weighted by Gasteiger charge is -2.38. The fraction of sp³-hybridized carbons (Fsp3) is 0.263. The monoisotopic (exact) mass is 340 g/mol. The average Bonchev–Trinajstić information content (AvgIpc) is 2.57. The van der Waals surface area contributed by atoms with Gasteiger partial charge >= 0.3 is 6.09 Å². The Balaban J connectivity index is 2.14. The Morgan fingerprint density at radius 3 is 2.68 bits per heavy atom. The predicted molar refractivity (Wildman–Crippen MR) is 90.4 cm³/mol. The Bertz CT molecular complexity index is 887. The summed E-state index contributed by atoms with van der Waals surface area (Å²) in [6.07, 6.45) is -0.482. The van der Waals surface area contributed by atoms with Gasteiger partial charge in [-0.05, 0) is 55.3 Å². The Labute approximate surface area is 145 Å². The smallest absolute Gasteiger partial charge is 0.417 e. The molecule has 25 heavy (non-hydrogen) atoms. The SMILES string of the molecule is COCN1C(=O)OC(C)(C)c2cc(-c3cc(F)cc(C#N)c3)ccc21. The molecule has 1 aliphatic rings. The lowest BCUT2D eigenvalue weighted by molar-refractivity contribution is 0.0292. The van der Waals surface area contributed by atoms with Crippen LogP contribution in [-0.2, 0) is 15.1 Å². The molecule has 0 radical (unpaired) electrons. The zero-order valence-corrected chi connectivity index (χ0v) is 14.2. The molecule has 0 spiro atoms. The third kappa shape index (κ3) is 3.06. The van der Waals surface area contributed by atoms with Gasteiger partial charge in [0.2, 0.25) is 0 Å². The minimum Gasteiger partial charge on any atom is -0.438 e. The van der Waals surface area contributed by atoms with Gasteiger partial charge in [0.05, 0.1) is 17.3 Å². The number of anilines is 1. The van der Waals surface area contributed by atoms with Crippen molar-refractivity contribution in [1.29, 1.82) is 5.26 Å². The zero-order valence-electron chi connectivity index (χ0n) is 14.2. The van der Waals surface area contributed by atoms with Gasteiger partial charge in [-0.1, -0.05) is 6.07 Å². The topological polar surface area (TPSA) is 62.6 Å². The molecule has 3 rings (SSSR count). The summed E-state index contributed by atoms with van der Waals surface area (Å²) >= 11 is 0. The molecule has 0 saturated carbocycles. The van der Waals surface area contributed by atoms with Gasteiger partial charge in [0.1, 0.15) is 18.1 Å². The highest BCUT2D eigenvalue weighted by Crippen LogP contribution is 2.41. The second-order valence-electron chi connectivity index (χ2n) is 6.30. The van der Waals surface area contributed by atoms with Crippen LogP contribution in [-0.4, -0.2) is 19.9 Å². The fourth-order valence-electron chi connectivity index (χ4n) is 2.93. The number of carbonyl (C=O) groups is 1. The van der Waals surface area contributed by atoms with Crippen LogP contribution < -0.4 is 4.90 Å². The molecule has 1 aliphatic heterocycles. The highest BCUT2D eigenvalue weighted by molar-refractivity contribution is 5.92. The van der Waals surface area contributed by atoms with E-state index in [0.29, 0.717) is 11.3 Å². The highest BCUT2D eigenvalue weighted by atomic mass is 19.1. The van der Waals surface area contributed by atoms with Crippen molar-refractivity contribution in [2.24, 2.45) is 0 Å². The van der Waals surface area contributed by atoms with Crippen LogP contribution in [0, 0.1) is 17.1 Å². The number of methoxy groups -OCH3 is 1. The first kappa shape index (κ1) is 16.9. The predicted octanol–water partition coefficient (Wildman–Crippen LogP) is 4.16. The molecule has 0 fully saturated rings. The van der Waals surface area contributed by atoms with Crippen LogP contribution in [0.15, 0.2) is 36.4 Å². The molecule has 1 heterocycles. The van der Waals surface area contributed by atoms with E-state index < -0.39 is 17.5 Å². The molecule has 0 aliphatic carbocycles. The van der Waals surface area contributed by atoms with Crippen molar-refractivity contribution in [3.05, 3.63) is 53.3 Å². The van der Waals surface area contributed by atoms with Crippen LogP contribution in [0.25, 0.3) is 11.1 Å². The second kappa shape index (κ2) is 6.19. The number of nitriles is 1. The van der Waals surface area contributed by atoms with E-state index in [9.17, 15) is 9.18 Å². The van der Waals surface area contributed by atoms with Crippen molar-refractivity contribution in [2.45, 2.75) is 19.4 Å². The largest absolute Gasteiger partial charge is 0.438 e. The molecule has 5 nitrogen and oxygen atoms in total. The second-order valence-corrected chi connectivity index (χ2v) is 6.30. The van der Waals surface area contributed by atoms with Crippen molar-refractivity contribution in [1.82, 2.24) is 0 Å². The summed E-state index contributed by atoms with van der Waals surface area (Å²) in [4.78, 5) is 13.6. The minimum absolute atomic E-state index is 0.0693. The Hall–Kier alpha value is -2.91. The molecule has 0 aromatic heterocycles. The van der Waals surface area contributed by atoms with E-state index in [-0.39, 0.29) is 12.3 Å². The summed E-state index contributed by atoms with van der Waals surface area (Å²) in [6.45, 7) is 3.66. The van der Waals surface area contributed by atoms with Gasteiger partial charge in [0.25, 0.3) is 0 Å². The quantitative estimate of drug-likeness (QED) is 0.842. The maximum Gasteiger partial charge on any atom is 0.417 e. The molecule has 0 atom stereocenters. The number of cyclic esters (lactones) is 1. The van der Waals surface area contributed by atoms with Gasteiger partial charge in [-0.3, -0.25) is 4.90 Å². The molecule has 0 saturated heterocycles. The number of nitrogens with zero attached hydrogens (tertiary/aromatic N) is 2. The summed E-state index contributed by atoms with van der Waals surface area (Å²) in [5.74, 6) is -0.474. The normalized spacial score (nSPS) is 15.3. The summed E-state index contributed by atoms with van der Waals surface area (Å²) < 4.78 is 24.3. The molecule has 2 aromatic carbocycles. The number of carbonyl (C=O) groups excluding carboxylic acids is 1. The Kier molecular flexibility index (Phi) is 4.19. The number of hydrogen-bond donors (Lipinski definition) is 0. The van der Waals surface area contributed by atoms with Crippen molar-refractivity contribution in [3.8, 4) is 17.2 Å². The highest BCUT2D eigenvalue weighted by Gasteiger charge is 2.38. The minimum atomic E-state index is -0.835. The van der Waals surface area contributed by atoms with E-state index in [1.807, 2.05) is 12.1 Å². The number of hydrogen-bond acceptors (Lipinski definition) is 4.